The van der Waals surface area contributed by atoms with Gasteiger partial charge in [0, 0.05) is 0 Å². The molecule has 0 unspecified atom stereocenters. The molecule has 0 fully saturated rings. The van der Waals surface area contributed by atoms with E-state index >= 15 is 0 Å². The van der Waals surface area contributed by atoms with Crippen LogP contribution in [0.15, 0.2) is 12.1 Å². The molecule has 0 heterocycles. The summed E-state index contributed by atoms with van der Waals surface area (Å²) in [5.41, 5.74) is 8.67. The summed E-state index contributed by atoms with van der Waals surface area (Å²) in [5.74, 6) is 0.358. The molecule has 0 atom stereocenters. The molecule has 2 nitrogen and oxygen atoms in total. The average molecular weight is 278 g/mol. The monoisotopic (exact) mass is 278 g/mol. The van der Waals surface area contributed by atoms with Crippen LogP contribution in [-0.4, -0.2) is 10.0 Å². The predicted molar refractivity (Wildman–Crippen MR) is 46.9 cm³/mol. The molecular weight excluding hydrogens is 265 g/mol. The fourth-order valence-corrected chi connectivity index (χ4v) is 2.85. The van der Waals surface area contributed by atoms with Gasteiger partial charge in [-0.3, -0.25) is 0 Å². The number of alkyl halides is 2. The molecule has 3 heteroatoms. The molecule has 0 aliphatic heterocycles. The summed E-state index contributed by atoms with van der Waals surface area (Å²) in [6.45, 7) is 1.92. The molecule has 0 aliphatic carbocycles. The second-order valence-corrected chi connectivity index (χ2v) is 4.97. The van der Waals surface area contributed by atoms with Gasteiger partial charge in [-0.05, 0) is 0 Å². The van der Waals surface area contributed by atoms with Crippen molar-refractivity contribution in [2.75, 3.05) is 10.7 Å². The summed E-state index contributed by atoms with van der Waals surface area (Å²) >= 11 is 0.191. The Morgan fingerprint density at radius 1 is 1.50 bits per heavy atom. The number of benzene rings is 1. The first-order valence-electron chi connectivity index (χ1n) is 3.67. The van der Waals surface area contributed by atoms with E-state index in [0.29, 0.717) is 5.75 Å². The van der Waals surface area contributed by atoms with E-state index in [2.05, 4.69) is 4.93 Å². The number of halogens is 1. The number of hydrogen-bond acceptors (Lipinski definition) is 2. The topological polar surface area (TPSA) is 46.2 Å². The predicted octanol–water partition coefficient (Wildman–Crippen LogP) is -1.50. The average Bonchev–Trinajstić information content (AvgIpc) is 2.06. The summed E-state index contributed by atoms with van der Waals surface area (Å²) in [7, 11) is 0. The zero-order valence-electron chi connectivity index (χ0n) is 7.26. The number of phenolic OH excluding ortho intramolecular Hbond substituents is 1. The first-order valence-corrected chi connectivity index (χ1v) is 7.35. The number of nitrogens with two attached hydrogens (primary N) is 1. The molecule has 0 radical (unpaired) electrons. The Hall–Kier alpha value is -0.450. The zero-order chi connectivity index (χ0) is 9.14. The standard InChI is InChI=1S/C9H13INO/c1-6-7(5-10-2)8(11)3-4-9(6)12/h3-4,12H,5,11H2,1-2H3/q-1. The molecule has 0 aromatic heterocycles. The Labute approximate surface area is 83.0 Å². The maximum absolute atomic E-state index is 9.41. The number of anilines is 1. The van der Waals surface area contributed by atoms with Gasteiger partial charge in [0.05, 0.1) is 0 Å². The van der Waals surface area contributed by atoms with E-state index in [1.54, 1.807) is 12.1 Å². The SMILES string of the molecule is C[I-]Cc1c(N)ccc(O)c1C. The zero-order valence-corrected chi connectivity index (χ0v) is 9.42. The van der Waals surface area contributed by atoms with Crippen molar-refractivity contribution < 1.29 is 26.3 Å². The molecule has 3 N–H and O–H groups in total. The molecule has 0 amide bonds. The number of phenols is 1. The van der Waals surface area contributed by atoms with E-state index in [4.69, 9.17) is 5.73 Å². The number of aromatic hydroxyl groups is 1. The van der Waals surface area contributed by atoms with Crippen LogP contribution in [0.1, 0.15) is 11.1 Å². The van der Waals surface area contributed by atoms with Gasteiger partial charge >= 0.3 is 83.0 Å². The van der Waals surface area contributed by atoms with E-state index in [-0.39, 0.29) is 21.2 Å². The van der Waals surface area contributed by atoms with Crippen LogP contribution in [0.5, 0.6) is 5.75 Å². The summed E-state index contributed by atoms with van der Waals surface area (Å²) < 4.78 is 1.05. The Balaban J connectivity index is 3.14. The van der Waals surface area contributed by atoms with Gasteiger partial charge in [-0.1, -0.05) is 0 Å². The van der Waals surface area contributed by atoms with Gasteiger partial charge in [0.1, 0.15) is 0 Å². The Morgan fingerprint density at radius 3 is 2.75 bits per heavy atom. The second kappa shape index (κ2) is 3.98. The van der Waals surface area contributed by atoms with E-state index in [0.717, 1.165) is 21.2 Å². The number of rotatable bonds is 2. The molecule has 0 spiro atoms. The molecular formula is C9H13INO-. The first kappa shape index (κ1) is 9.64. The molecule has 1 aromatic carbocycles. The van der Waals surface area contributed by atoms with Crippen molar-refractivity contribution in [3.63, 3.8) is 0 Å². The van der Waals surface area contributed by atoms with Crippen molar-refractivity contribution in [3.05, 3.63) is 23.3 Å². The summed E-state index contributed by atoms with van der Waals surface area (Å²) in [6, 6.07) is 3.43. The third kappa shape index (κ3) is 1.83. The van der Waals surface area contributed by atoms with Gasteiger partial charge in [-0.15, -0.1) is 0 Å². The second-order valence-electron chi connectivity index (χ2n) is 2.68. The van der Waals surface area contributed by atoms with Crippen molar-refractivity contribution in [2.24, 2.45) is 0 Å². The van der Waals surface area contributed by atoms with Crippen LogP contribution in [0.3, 0.4) is 0 Å². The van der Waals surface area contributed by atoms with Crippen molar-refractivity contribution in [2.45, 2.75) is 11.4 Å². The molecule has 1 rings (SSSR count). The van der Waals surface area contributed by atoms with Gasteiger partial charge in [0.25, 0.3) is 0 Å². The van der Waals surface area contributed by atoms with Crippen LogP contribution >= 0.6 is 0 Å². The fraction of sp³-hybridized carbons (Fsp3) is 0.333. The molecule has 0 aliphatic rings. The minimum atomic E-state index is 0.191. The molecule has 1 aromatic rings. The fourth-order valence-electron chi connectivity index (χ4n) is 1.08. The van der Waals surface area contributed by atoms with Crippen molar-refractivity contribution >= 4 is 5.69 Å². The van der Waals surface area contributed by atoms with Crippen molar-refractivity contribution in [1.82, 2.24) is 0 Å². The summed E-state index contributed by atoms with van der Waals surface area (Å²) in [6.07, 6.45) is 0. The first-order chi connectivity index (χ1) is 5.66. The molecule has 0 saturated heterocycles. The van der Waals surface area contributed by atoms with E-state index in [9.17, 15) is 5.11 Å². The van der Waals surface area contributed by atoms with Crippen LogP contribution in [0.2, 0.25) is 0 Å². The van der Waals surface area contributed by atoms with Crippen molar-refractivity contribution in [3.8, 4) is 5.75 Å². The third-order valence-electron chi connectivity index (χ3n) is 1.87. The quantitative estimate of drug-likeness (QED) is 0.299. The molecule has 12 heavy (non-hydrogen) atoms. The molecule has 0 saturated carbocycles. The maximum atomic E-state index is 9.41. The third-order valence-corrected chi connectivity index (χ3v) is 3.40. The summed E-state index contributed by atoms with van der Waals surface area (Å²) in [4.78, 5) is 2.21. The van der Waals surface area contributed by atoms with Gasteiger partial charge in [-0.2, -0.15) is 0 Å². The van der Waals surface area contributed by atoms with Gasteiger partial charge in [0.15, 0.2) is 0 Å². The Morgan fingerprint density at radius 2 is 2.17 bits per heavy atom. The van der Waals surface area contributed by atoms with E-state index in [1.807, 2.05) is 6.92 Å². The van der Waals surface area contributed by atoms with E-state index in [1.165, 1.54) is 0 Å². The van der Waals surface area contributed by atoms with Crippen LogP contribution in [0, 0.1) is 6.92 Å². The van der Waals surface area contributed by atoms with Crippen LogP contribution < -0.4 is 26.9 Å². The Kier molecular flexibility index (Phi) is 3.20. The number of hydrogen-bond donors (Lipinski definition) is 2. The number of nitrogen functional groups attached to an aromatic ring is 1. The molecule has 0 bridgehead atoms. The molecule has 68 valence electrons. The van der Waals surface area contributed by atoms with Gasteiger partial charge in [0.2, 0.25) is 0 Å². The minimum absolute atomic E-state index is 0.191. The van der Waals surface area contributed by atoms with Crippen LogP contribution in [-0.2, 0) is 4.43 Å². The van der Waals surface area contributed by atoms with Gasteiger partial charge in [-0.25, -0.2) is 0 Å². The van der Waals surface area contributed by atoms with Gasteiger partial charge < -0.3 is 0 Å². The summed E-state index contributed by atoms with van der Waals surface area (Å²) in [5, 5.41) is 9.41. The van der Waals surface area contributed by atoms with Crippen LogP contribution in [0.25, 0.3) is 0 Å². The normalized spacial score (nSPS) is 10.5. The Bertz CT molecular complexity index is 286. The van der Waals surface area contributed by atoms with Crippen molar-refractivity contribution in [1.29, 1.82) is 0 Å². The van der Waals surface area contributed by atoms with Crippen LogP contribution in [0.4, 0.5) is 5.69 Å². The van der Waals surface area contributed by atoms with E-state index < -0.39 is 0 Å².